The normalized spacial score (nSPS) is 33.0. The van der Waals surface area contributed by atoms with Crippen LogP contribution in [0.2, 0.25) is 0 Å². The molecule has 1 fully saturated rings. The standard InChI is InChI=1S/C3H7NO3/c4-3-1-2-5-7-6-3/h3H,1-2,4H2. The molecule has 7 heavy (non-hydrogen) atoms. The van der Waals surface area contributed by atoms with Gasteiger partial charge >= 0.3 is 0 Å². The number of hydrogen-bond acceptors (Lipinski definition) is 4. The third-order valence-corrected chi connectivity index (χ3v) is 0.697. The minimum atomic E-state index is -0.311. The topological polar surface area (TPSA) is 53.7 Å². The summed E-state index contributed by atoms with van der Waals surface area (Å²) in [7, 11) is 0. The Morgan fingerprint density at radius 2 is 2.43 bits per heavy atom. The van der Waals surface area contributed by atoms with Gasteiger partial charge in [0.15, 0.2) is 0 Å². The zero-order chi connectivity index (χ0) is 5.11. The molecule has 0 aliphatic carbocycles. The summed E-state index contributed by atoms with van der Waals surface area (Å²) in [6.07, 6.45) is 0.383. The maximum atomic E-state index is 5.21. The molecule has 0 radical (unpaired) electrons. The van der Waals surface area contributed by atoms with Gasteiger partial charge in [-0.1, -0.05) is 5.04 Å². The van der Waals surface area contributed by atoms with Gasteiger partial charge in [0.1, 0.15) is 6.23 Å². The van der Waals surface area contributed by atoms with E-state index >= 15 is 0 Å². The summed E-state index contributed by atoms with van der Waals surface area (Å²) in [6.45, 7) is 0.515. The first-order chi connectivity index (χ1) is 3.39. The third kappa shape index (κ3) is 1.40. The first-order valence-corrected chi connectivity index (χ1v) is 2.10. The molecular weight excluding hydrogens is 98.0 g/mol. The zero-order valence-corrected chi connectivity index (χ0v) is 3.79. The Hall–Kier alpha value is -0.160. The lowest BCUT2D eigenvalue weighted by Gasteiger charge is -2.14. The van der Waals surface area contributed by atoms with Crippen LogP contribution in [0.5, 0.6) is 0 Å². The van der Waals surface area contributed by atoms with Crippen molar-refractivity contribution in [1.82, 2.24) is 0 Å². The Balaban J connectivity index is 2.12. The predicted molar refractivity (Wildman–Crippen MR) is 20.7 cm³/mol. The molecule has 1 saturated heterocycles. The van der Waals surface area contributed by atoms with Crippen LogP contribution < -0.4 is 5.73 Å². The molecule has 1 rings (SSSR count). The Kier molecular flexibility index (Phi) is 1.59. The van der Waals surface area contributed by atoms with Crippen LogP contribution in [0.25, 0.3) is 0 Å². The highest BCUT2D eigenvalue weighted by Crippen LogP contribution is 1.99. The Morgan fingerprint density at radius 3 is 2.71 bits per heavy atom. The van der Waals surface area contributed by atoms with E-state index in [0.29, 0.717) is 13.0 Å². The molecule has 4 heteroatoms. The van der Waals surface area contributed by atoms with Gasteiger partial charge in [-0.25, -0.2) is 4.89 Å². The van der Waals surface area contributed by atoms with E-state index in [-0.39, 0.29) is 6.23 Å². The van der Waals surface area contributed by atoms with Gasteiger partial charge < -0.3 is 5.73 Å². The summed E-state index contributed by atoms with van der Waals surface area (Å²) in [4.78, 5) is 8.67. The first kappa shape index (κ1) is 4.99. The molecule has 0 spiro atoms. The number of rotatable bonds is 0. The zero-order valence-electron chi connectivity index (χ0n) is 3.79. The maximum absolute atomic E-state index is 5.21. The van der Waals surface area contributed by atoms with Crippen LogP contribution in [0.4, 0.5) is 0 Å². The molecular formula is C3H7NO3. The third-order valence-electron chi connectivity index (χ3n) is 0.697. The van der Waals surface area contributed by atoms with Gasteiger partial charge in [0.25, 0.3) is 0 Å². The summed E-state index contributed by atoms with van der Waals surface area (Å²) in [5, 5.41) is 4.06. The second-order valence-corrected chi connectivity index (χ2v) is 1.31. The van der Waals surface area contributed by atoms with E-state index in [1.165, 1.54) is 0 Å². The summed E-state index contributed by atoms with van der Waals surface area (Å²) in [5.74, 6) is 0. The van der Waals surface area contributed by atoms with Gasteiger partial charge in [0.05, 0.1) is 6.61 Å². The molecule has 0 bridgehead atoms. The molecule has 0 aromatic rings. The van der Waals surface area contributed by atoms with Crippen molar-refractivity contribution in [2.75, 3.05) is 6.61 Å². The van der Waals surface area contributed by atoms with Gasteiger partial charge in [-0.2, -0.15) is 4.89 Å². The second-order valence-electron chi connectivity index (χ2n) is 1.31. The molecule has 1 atom stereocenters. The molecule has 4 nitrogen and oxygen atoms in total. The van der Waals surface area contributed by atoms with E-state index in [9.17, 15) is 0 Å². The smallest absolute Gasteiger partial charge is 0.146 e. The van der Waals surface area contributed by atoms with E-state index in [0.717, 1.165) is 0 Å². The monoisotopic (exact) mass is 105 g/mol. The van der Waals surface area contributed by atoms with E-state index in [2.05, 4.69) is 14.8 Å². The van der Waals surface area contributed by atoms with Crippen molar-refractivity contribution < 1.29 is 14.8 Å². The minimum absolute atomic E-state index is 0.311. The highest BCUT2D eigenvalue weighted by atomic mass is 17.5. The average molecular weight is 105 g/mol. The van der Waals surface area contributed by atoms with Crippen molar-refractivity contribution in [2.24, 2.45) is 5.73 Å². The summed E-state index contributed by atoms with van der Waals surface area (Å²) in [5.41, 5.74) is 5.21. The molecule has 1 unspecified atom stereocenters. The number of nitrogens with two attached hydrogens (primary N) is 1. The van der Waals surface area contributed by atoms with Crippen molar-refractivity contribution in [3.05, 3.63) is 0 Å². The largest absolute Gasteiger partial charge is 0.303 e. The number of hydrogen-bond donors (Lipinski definition) is 1. The lowest BCUT2D eigenvalue weighted by Crippen LogP contribution is -2.29. The summed E-state index contributed by atoms with van der Waals surface area (Å²) >= 11 is 0. The fourth-order valence-electron chi connectivity index (χ4n) is 0.325. The maximum Gasteiger partial charge on any atom is 0.146 e. The Morgan fingerprint density at radius 1 is 1.57 bits per heavy atom. The van der Waals surface area contributed by atoms with Crippen molar-refractivity contribution in [1.29, 1.82) is 0 Å². The summed E-state index contributed by atoms with van der Waals surface area (Å²) < 4.78 is 0. The second kappa shape index (κ2) is 2.23. The molecule has 1 heterocycles. The van der Waals surface area contributed by atoms with Crippen LogP contribution in [0, 0.1) is 0 Å². The average Bonchev–Trinajstić information content (AvgIpc) is 1.69. The molecule has 0 aromatic carbocycles. The predicted octanol–water partition coefficient (Wildman–Crippen LogP) is -0.445. The molecule has 0 amide bonds. The lowest BCUT2D eigenvalue weighted by atomic mass is 10.4. The molecule has 1 aliphatic heterocycles. The molecule has 0 aromatic heterocycles. The highest BCUT2D eigenvalue weighted by molar-refractivity contribution is 4.43. The van der Waals surface area contributed by atoms with Gasteiger partial charge in [0.2, 0.25) is 0 Å². The Labute approximate surface area is 41.0 Å². The van der Waals surface area contributed by atoms with E-state index in [4.69, 9.17) is 5.73 Å². The van der Waals surface area contributed by atoms with Crippen LogP contribution in [-0.2, 0) is 14.8 Å². The van der Waals surface area contributed by atoms with Crippen LogP contribution in [0.1, 0.15) is 6.42 Å². The lowest BCUT2D eigenvalue weighted by molar-refractivity contribution is -0.548. The van der Waals surface area contributed by atoms with Gasteiger partial charge in [-0.15, -0.1) is 0 Å². The fraction of sp³-hybridized carbons (Fsp3) is 1.00. The van der Waals surface area contributed by atoms with Gasteiger partial charge in [0, 0.05) is 6.42 Å². The molecule has 42 valence electrons. The molecule has 0 saturated carbocycles. The van der Waals surface area contributed by atoms with Crippen LogP contribution >= 0.6 is 0 Å². The van der Waals surface area contributed by atoms with Crippen molar-refractivity contribution in [3.63, 3.8) is 0 Å². The van der Waals surface area contributed by atoms with Gasteiger partial charge in [-0.05, 0) is 0 Å². The van der Waals surface area contributed by atoms with E-state index in [1.54, 1.807) is 0 Å². The van der Waals surface area contributed by atoms with Crippen molar-refractivity contribution in [2.45, 2.75) is 12.6 Å². The SMILES string of the molecule is NC1CCOOO1. The van der Waals surface area contributed by atoms with E-state index < -0.39 is 0 Å². The molecule has 1 aliphatic rings. The fourth-order valence-corrected chi connectivity index (χ4v) is 0.325. The first-order valence-electron chi connectivity index (χ1n) is 2.10. The van der Waals surface area contributed by atoms with Crippen LogP contribution in [0.15, 0.2) is 0 Å². The molecule has 2 N–H and O–H groups in total. The minimum Gasteiger partial charge on any atom is -0.303 e. The van der Waals surface area contributed by atoms with E-state index in [1.807, 2.05) is 0 Å². The van der Waals surface area contributed by atoms with Gasteiger partial charge in [-0.3, -0.25) is 0 Å². The quantitative estimate of drug-likeness (QED) is 0.424. The van der Waals surface area contributed by atoms with Crippen LogP contribution in [-0.4, -0.2) is 12.8 Å². The van der Waals surface area contributed by atoms with Crippen molar-refractivity contribution in [3.8, 4) is 0 Å². The Bertz CT molecular complexity index is 52.1. The van der Waals surface area contributed by atoms with Crippen molar-refractivity contribution >= 4 is 0 Å². The highest BCUT2D eigenvalue weighted by Gasteiger charge is 2.09. The van der Waals surface area contributed by atoms with Crippen LogP contribution in [0.3, 0.4) is 0 Å². The summed E-state index contributed by atoms with van der Waals surface area (Å²) in [6, 6.07) is 0.